The van der Waals surface area contributed by atoms with E-state index in [-0.39, 0.29) is 0 Å². The van der Waals surface area contributed by atoms with Gasteiger partial charge in [0.1, 0.15) is 0 Å². The molecule has 146 valence electrons. The van der Waals surface area contributed by atoms with Crippen molar-refractivity contribution in [2.45, 2.75) is 33.6 Å². The molecule has 26 heavy (non-hydrogen) atoms. The summed E-state index contributed by atoms with van der Waals surface area (Å²) in [5, 5.41) is 6.88. The third-order valence-electron chi connectivity index (χ3n) is 5.07. The van der Waals surface area contributed by atoms with Crippen LogP contribution in [0.4, 0.5) is 5.69 Å². The summed E-state index contributed by atoms with van der Waals surface area (Å²) in [7, 11) is 0. The fourth-order valence-corrected chi connectivity index (χ4v) is 3.50. The van der Waals surface area contributed by atoms with E-state index in [4.69, 9.17) is 4.99 Å². The molecule has 0 bridgehead atoms. The molecule has 1 aliphatic rings. The number of nitrogens with zero attached hydrogens (tertiary/aromatic N) is 3. The number of hydrogen-bond acceptors (Lipinski definition) is 3. The van der Waals surface area contributed by atoms with Crippen molar-refractivity contribution in [2.24, 2.45) is 10.9 Å². The van der Waals surface area contributed by atoms with Crippen molar-refractivity contribution >= 4 is 11.6 Å². The Bertz CT molecular complexity index is 516. The lowest BCUT2D eigenvalue weighted by Crippen LogP contribution is -2.39. The van der Waals surface area contributed by atoms with Gasteiger partial charge in [-0.2, -0.15) is 0 Å². The zero-order valence-electron chi connectivity index (χ0n) is 16.9. The van der Waals surface area contributed by atoms with Gasteiger partial charge in [0.15, 0.2) is 5.96 Å². The average molecular weight is 360 g/mol. The molecule has 2 N–H and O–H groups in total. The van der Waals surface area contributed by atoms with Gasteiger partial charge in [-0.05, 0) is 57.8 Å². The van der Waals surface area contributed by atoms with Crippen molar-refractivity contribution in [1.82, 2.24) is 15.5 Å². The first-order valence-electron chi connectivity index (χ1n) is 10.3. The summed E-state index contributed by atoms with van der Waals surface area (Å²) < 4.78 is 0. The quantitative estimate of drug-likeness (QED) is 0.383. The Hall–Kier alpha value is -1.75. The first-order chi connectivity index (χ1) is 12.8. The second-order valence-corrected chi connectivity index (χ2v) is 6.96. The van der Waals surface area contributed by atoms with Crippen molar-refractivity contribution in [3.05, 3.63) is 30.3 Å². The molecule has 5 nitrogen and oxygen atoms in total. The van der Waals surface area contributed by atoms with Crippen LogP contribution in [0, 0.1) is 5.92 Å². The summed E-state index contributed by atoms with van der Waals surface area (Å²) in [5.41, 5.74) is 1.30. The molecule has 1 aromatic carbocycles. The highest BCUT2D eigenvalue weighted by Crippen LogP contribution is 2.15. The van der Waals surface area contributed by atoms with Crippen LogP contribution in [-0.4, -0.2) is 63.2 Å². The Kier molecular flexibility index (Phi) is 9.32. The zero-order chi connectivity index (χ0) is 18.6. The van der Waals surface area contributed by atoms with Crippen LogP contribution < -0.4 is 15.5 Å². The van der Waals surface area contributed by atoms with Crippen molar-refractivity contribution in [2.75, 3.05) is 57.3 Å². The second kappa shape index (κ2) is 11.8. The highest BCUT2D eigenvalue weighted by atomic mass is 15.2. The molecule has 1 aliphatic heterocycles. The lowest BCUT2D eigenvalue weighted by molar-refractivity contribution is 0.343. The average Bonchev–Trinajstić information content (AvgIpc) is 3.15. The molecule has 0 saturated carbocycles. The van der Waals surface area contributed by atoms with E-state index in [0.717, 1.165) is 51.6 Å². The maximum atomic E-state index is 4.81. The van der Waals surface area contributed by atoms with E-state index >= 15 is 0 Å². The summed E-state index contributed by atoms with van der Waals surface area (Å²) >= 11 is 0. The number of aliphatic imine (C=N–C) groups is 1. The van der Waals surface area contributed by atoms with Gasteiger partial charge in [-0.3, -0.25) is 4.99 Å². The maximum Gasteiger partial charge on any atom is 0.191 e. The Morgan fingerprint density at radius 2 is 2.00 bits per heavy atom. The fraction of sp³-hybridized carbons (Fsp3) is 0.667. The topological polar surface area (TPSA) is 42.9 Å². The summed E-state index contributed by atoms with van der Waals surface area (Å²) in [6.07, 6.45) is 2.37. The largest absolute Gasteiger partial charge is 0.372 e. The Balaban J connectivity index is 1.73. The zero-order valence-corrected chi connectivity index (χ0v) is 16.9. The number of hydrogen-bond donors (Lipinski definition) is 2. The number of anilines is 1. The molecule has 0 radical (unpaired) electrons. The minimum absolute atomic E-state index is 0.707. The van der Waals surface area contributed by atoms with Crippen molar-refractivity contribution in [1.29, 1.82) is 0 Å². The summed E-state index contributed by atoms with van der Waals surface area (Å²) in [5.74, 6) is 1.67. The molecule has 0 aliphatic carbocycles. The minimum atomic E-state index is 0.707. The predicted octanol–water partition coefficient (Wildman–Crippen LogP) is 2.80. The van der Waals surface area contributed by atoms with Crippen molar-refractivity contribution < 1.29 is 0 Å². The maximum absolute atomic E-state index is 4.81. The molecule has 2 rings (SSSR count). The molecule has 1 atom stereocenters. The first kappa shape index (κ1) is 20.6. The lowest BCUT2D eigenvalue weighted by Gasteiger charge is -2.23. The number of rotatable bonds is 10. The van der Waals surface area contributed by atoms with Crippen LogP contribution in [0.2, 0.25) is 0 Å². The van der Waals surface area contributed by atoms with E-state index in [1.165, 1.54) is 25.2 Å². The number of likely N-dealkylation sites (tertiary alicyclic amines) is 1. The second-order valence-electron chi connectivity index (χ2n) is 6.96. The van der Waals surface area contributed by atoms with Crippen LogP contribution in [0.5, 0.6) is 0 Å². The highest BCUT2D eigenvalue weighted by molar-refractivity contribution is 5.79. The standard InChI is InChI=1S/C21H37N5/c1-4-22-21(24-17-19-13-16-25(5-2)18-19)23-14-10-15-26(6-3)20-11-8-7-9-12-20/h7-9,11-12,19H,4-6,10,13-18H2,1-3H3,(H2,22,23,24). The SMILES string of the molecule is CCNC(=NCC1CCN(CC)C1)NCCCN(CC)c1ccccc1. The van der Waals surface area contributed by atoms with E-state index < -0.39 is 0 Å². The summed E-state index contributed by atoms with van der Waals surface area (Å²) in [4.78, 5) is 9.75. The van der Waals surface area contributed by atoms with Gasteiger partial charge in [-0.25, -0.2) is 0 Å². The molecule has 1 unspecified atom stereocenters. The lowest BCUT2D eigenvalue weighted by atomic mass is 10.1. The predicted molar refractivity (Wildman–Crippen MR) is 113 cm³/mol. The van der Waals surface area contributed by atoms with Gasteiger partial charge in [0.05, 0.1) is 0 Å². The number of benzene rings is 1. The first-order valence-corrected chi connectivity index (χ1v) is 10.3. The van der Waals surface area contributed by atoms with Gasteiger partial charge in [0.25, 0.3) is 0 Å². The van der Waals surface area contributed by atoms with Crippen LogP contribution in [0.3, 0.4) is 0 Å². The van der Waals surface area contributed by atoms with Crippen LogP contribution in [0.1, 0.15) is 33.6 Å². The molecule has 1 heterocycles. The van der Waals surface area contributed by atoms with Crippen molar-refractivity contribution in [3.8, 4) is 0 Å². The van der Waals surface area contributed by atoms with Crippen LogP contribution in [0.25, 0.3) is 0 Å². The van der Waals surface area contributed by atoms with E-state index in [1.54, 1.807) is 0 Å². The number of guanidine groups is 1. The molecular formula is C21H37N5. The normalized spacial score (nSPS) is 18.1. The van der Waals surface area contributed by atoms with Gasteiger partial charge in [-0.1, -0.05) is 25.1 Å². The number of nitrogens with one attached hydrogen (secondary N) is 2. The van der Waals surface area contributed by atoms with E-state index in [1.807, 2.05) is 0 Å². The van der Waals surface area contributed by atoms with E-state index in [2.05, 4.69) is 71.5 Å². The van der Waals surface area contributed by atoms with Gasteiger partial charge in [0.2, 0.25) is 0 Å². The molecule has 1 fully saturated rings. The molecule has 0 spiro atoms. The van der Waals surface area contributed by atoms with Gasteiger partial charge in [-0.15, -0.1) is 0 Å². The third kappa shape index (κ3) is 6.87. The number of para-hydroxylation sites is 1. The monoisotopic (exact) mass is 359 g/mol. The molecule has 0 amide bonds. The molecule has 5 heteroatoms. The van der Waals surface area contributed by atoms with Crippen LogP contribution in [-0.2, 0) is 0 Å². The van der Waals surface area contributed by atoms with Gasteiger partial charge in [0, 0.05) is 45.0 Å². The fourth-order valence-electron chi connectivity index (χ4n) is 3.50. The minimum Gasteiger partial charge on any atom is -0.372 e. The molecule has 1 aromatic rings. The van der Waals surface area contributed by atoms with E-state index in [0.29, 0.717) is 5.92 Å². The van der Waals surface area contributed by atoms with Gasteiger partial charge < -0.3 is 20.4 Å². The van der Waals surface area contributed by atoms with E-state index in [9.17, 15) is 0 Å². The van der Waals surface area contributed by atoms with Crippen LogP contribution in [0.15, 0.2) is 35.3 Å². The third-order valence-corrected chi connectivity index (χ3v) is 5.07. The van der Waals surface area contributed by atoms with Crippen molar-refractivity contribution in [3.63, 3.8) is 0 Å². The smallest absolute Gasteiger partial charge is 0.191 e. The molecular weight excluding hydrogens is 322 g/mol. The van der Waals surface area contributed by atoms with Crippen LogP contribution >= 0.6 is 0 Å². The molecule has 1 saturated heterocycles. The summed E-state index contributed by atoms with van der Waals surface area (Å²) in [6, 6.07) is 10.7. The Morgan fingerprint density at radius 1 is 1.19 bits per heavy atom. The highest BCUT2D eigenvalue weighted by Gasteiger charge is 2.20. The Labute approximate surface area is 159 Å². The Morgan fingerprint density at radius 3 is 2.65 bits per heavy atom. The molecule has 0 aromatic heterocycles. The van der Waals surface area contributed by atoms with Gasteiger partial charge >= 0.3 is 0 Å². The summed E-state index contributed by atoms with van der Waals surface area (Å²) in [6.45, 7) is 15.0.